The van der Waals surface area contributed by atoms with E-state index in [1.165, 1.54) is 6.33 Å². The van der Waals surface area contributed by atoms with Crippen LogP contribution in [0.4, 0.5) is 23.0 Å². The van der Waals surface area contributed by atoms with Gasteiger partial charge in [0.25, 0.3) is 5.91 Å². The molecule has 132 valence electrons. The van der Waals surface area contributed by atoms with Crippen LogP contribution in [0.1, 0.15) is 15.9 Å². The van der Waals surface area contributed by atoms with Crippen LogP contribution in [0, 0.1) is 6.92 Å². The van der Waals surface area contributed by atoms with E-state index in [1.54, 1.807) is 30.3 Å². The Morgan fingerprint density at radius 1 is 1.04 bits per heavy atom. The lowest BCUT2D eigenvalue weighted by Gasteiger charge is -2.14. The van der Waals surface area contributed by atoms with Gasteiger partial charge in [0, 0.05) is 16.3 Å². The van der Waals surface area contributed by atoms with Crippen LogP contribution in [0.3, 0.4) is 0 Å². The fraction of sp³-hybridized carbons (Fsp3) is 0.0556. The first kappa shape index (κ1) is 17.5. The Bertz CT molecular complexity index is 932. The van der Waals surface area contributed by atoms with Crippen LogP contribution in [0.25, 0.3) is 0 Å². The monoisotopic (exact) mass is 368 g/mol. The second kappa shape index (κ2) is 7.71. The van der Waals surface area contributed by atoms with E-state index < -0.39 is 0 Å². The van der Waals surface area contributed by atoms with Crippen molar-refractivity contribution in [2.45, 2.75) is 6.92 Å². The summed E-state index contributed by atoms with van der Waals surface area (Å²) in [7, 11) is 0. The van der Waals surface area contributed by atoms with Crippen molar-refractivity contribution in [1.29, 1.82) is 0 Å². The van der Waals surface area contributed by atoms with Gasteiger partial charge >= 0.3 is 0 Å². The maximum atomic E-state index is 12.1. The first-order chi connectivity index (χ1) is 12.6. The SMILES string of the molecule is Cc1c(Cl)cccc1Nc1ncnc(NNC(=O)c2ccccc2)c1N. The second-order valence-corrected chi connectivity index (χ2v) is 5.87. The molecule has 0 aliphatic heterocycles. The summed E-state index contributed by atoms with van der Waals surface area (Å²) in [6, 6.07) is 14.3. The molecule has 0 saturated carbocycles. The van der Waals surface area contributed by atoms with Crippen LogP contribution in [0.5, 0.6) is 0 Å². The number of nitrogens with one attached hydrogen (secondary N) is 3. The number of nitrogen functional groups attached to an aromatic ring is 1. The molecule has 1 aromatic heterocycles. The Hall–Kier alpha value is -3.32. The number of hydrazine groups is 1. The zero-order valence-corrected chi connectivity index (χ0v) is 14.7. The number of benzene rings is 2. The van der Waals surface area contributed by atoms with Crippen molar-refractivity contribution in [3.63, 3.8) is 0 Å². The fourth-order valence-electron chi connectivity index (χ4n) is 2.24. The minimum atomic E-state index is -0.302. The molecule has 2 aromatic carbocycles. The van der Waals surface area contributed by atoms with E-state index in [0.29, 0.717) is 16.4 Å². The molecule has 8 heteroatoms. The van der Waals surface area contributed by atoms with Gasteiger partial charge in [-0.3, -0.25) is 15.6 Å². The van der Waals surface area contributed by atoms with Gasteiger partial charge in [-0.2, -0.15) is 0 Å². The average Bonchev–Trinajstić information content (AvgIpc) is 2.66. The van der Waals surface area contributed by atoms with Gasteiger partial charge in [-0.1, -0.05) is 35.9 Å². The van der Waals surface area contributed by atoms with E-state index in [0.717, 1.165) is 11.3 Å². The Morgan fingerprint density at radius 2 is 1.77 bits per heavy atom. The maximum absolute atomic E-state index is 12.1. The molecule has 26 heavy (non-hydrogen) atoms. The Labute approximate surface area is 155 Å². The number of rotatable bonds is 5. The molecule has 0 atom stereocenters. The molecule has 3 aromatic rings. The van der Waals surface area contributed by atoms with E-state index in [-0.39, 0.29) is 17.4 Å². The molecule has 0 aliphatic rings. The van der Waals surface area contributed by atoms with Gasteiger partial charge in [0.1, 0.15) is 12.0 Å². The van der Waals surface area contributed by atoms with Gasteiger partial charge < -0.3 is 11.1 Å². The highest BCUT2D eigenvalue weighted by Crippen LogP contribution is 2.29. The minimum Gasteiger partial charge on any atom is -0.393 e. The van der Waals surface area contributed by atoms with Gasteiger partial charge in [-0.25, -0.2) is 9.97 Å². The molecule has 1 amide bonds. The largest absolute Gasteiger partial charge is 0.393 e. The summed E-state index contributed by atoms with van der Waals surface area (Å²) >= 11 is 6.13. The molecule has 1 heterocycles. The molecule has 0 saturated heterocycles. The standard InChI is InChI=1S/C18H17ClN6O/c1-11-13(19)8-5-9-14(11)23-16-15(20)17(22-10-21-16)24-25-18(26)12-6-3-2-4-7-12/h2-10H,20H2,1H3,(H,25,26)(H2,21,22,23,24). The van der Waals surface area contributed by atoms with Crippen molar-refractivity contribution in [1.82, 2.24) is 15.4 Å². The van der Waals surface area contributed by atoms with Crippen LogP contribution in [-0.2, 0) is 0 Å². The van der Waals surface area contributed by atoms with Crippen molar-refractivity contribution >= 4 is 40.5 Å². The van der Waals surface area contributed by atoms with Crippen LogP contribution < -0.4 is 21.9 Å². The number of hydrogen-bond acceptors (Lipinski definition) is 6. The zero-order chi connectivity index (χ0) is 18.5. The van der Waals surface area contributed by atoms with Gasteiger partial charge in [0.15, 0.2) is 11.6 Å². The number of amides is 1. The summed E-state index contributed by atoms with van der Waals surface area (Å²) in [5.74, 6) is 0.386. The molecular formula is C18H17ClN6O. The number of halogens is 1. The highest BCUT2D eigenvalue weighted by molar-refractivity contribution is 6.31. The predicted molar refractivity (Wildman–Crippen MR) is 103 cm³/mol. The smallest absolute Gasteiger partial charge is 0.269 e. The summed E-state index contributed by atoms with van der Waals surface area (Å²) in [5, 5.41) is 3.76. The normalized spacial score (nSPS) is 10.2. The molecule has 0 unspecified atom stereocenters. The van der Waals surface area contributed by atoms with Crippen LogP contribution in [-0.4, -0.2) is 15.9 Å². The zero-order valence-electron chi connectivity index (χ0n) is 14.0. The van der Waals surface area contributed by atoms with Gasteiger partial charge in [-0.05, 0) is 36.8 Å². The van der Waals surface area contributed by atoms with E-state index in [4.69, 9.17) is 17.3 Å². The van der Waals surface area contributed by atoms with Gasteiger partial charge in [0.2, 0.25) is 0 Å². The Balaban J connectivity index is 1.75. The van der Waals surface area contributed by atoms with Crippen molar-refractivity contribution in [3.8, 4) is 0 Å². The summed E-state index contributed by atoms with van der Waals surface area (Å²) in [6.07, 6.45) is 1.34. The van der Waals surface area contributed by atoms with Gasteiger partial charge in [-0.15, -0.1) is 0 Å². The quantitative estimate of drug-likeness (QED) is 0.513. The number of aromatic nitrogens is 2. The number of anilines is 4. The third kappa shape index (κ3) is 3.84. The highest BCUT2D eigenvalue weighted by Gasteiger charge is 2.11. The van der Waals surface area contributed by atoms with E-state index >= 15 is 0 Å². The third-order valence-corrected chi connectivity index (χ3v) is 4.14. The molecule has 5 N–H and O–H groups in total. The lowest BCUT2D eigenvalue weighted by atomic mass is 10.2. The van der Waals surface area contributed by atoms with E-state index in [1.807, 2.05) is 25.1 Å². The van der Waals surface area contributed by atoms with Crippen LogP contribution in [0.2, 0.25) is 5.02 Å². The number of nitrogens with zero attached hydrogens (tertiary/aromatic N) is 2. The fourth-order valence-corrected chi connectivity index (χ4v) is 2.42. The summed E-state index contributed by atoms with van der Waals surface area (Å²) < 4.78 is 0. The summed E-state index contributed by atoms with van der Waals surface area (Å²) in [5.41, 5.74) is 13.8. The summed E-state index contributed by atoms with van der Waals surface area (Å²) in [4.78, 5) is 20.3. The number of carbonyl (C=O) groups excluding carboxylic acids is 1. The number of hydrogen-bond donors (Lipinski definition) is 4. The van der Waals surface area contributed by atoms with Crippen molar-refractivity contribution in [3.05, 3.63) is 71.0 Å². The summed E-state index contributed by atoms with van der Waals surface area (Å²) in [6.45, 7) is 1.89. The number of nitrogens with two attached hydrogens (primary N) is 1. The topological polar surface area (TPSA) is 105 Å². The molecule has 7 nitrogen and oxygen atoms in total. The molecular weight excluding hydrogens is 352 g/mol. The lowest BCUT2D eigenvalue weighted by Crippen LogP contribution is -2.30. The average molecular weight is 369 g/mol. The van der Waals surface area contributed by atoms with Crippen molar-refractivity contribution in [2.24, 2.45) is 0 Å². The molecule has 0 aliphatic carbocycles. The van der Waals surface area contributed by atoms with Gasteiger partial charge in [0.05, 0.1) is 0 Å². The molecule has 0 fully saturated rings. The molecule has 3 rings (SSSR count). The minimum absolute atomic E-state index is 0.264. The maximum Gasteiger partial charge on any atom is 0.269 e. The molecule has 0 radical (unpaired) electrons. The first-order valence-electron chi connectivity index (χ1n) is 7.80. The molecule has 0 spiro atoms. The molecule has 0 bridgehead atoms. The second-order valence-electron chi connectivity index (χ2n) is 5.47. The van der Waals surface area contributed by atoms with Crippen molar-refractivity contribution < 1.29 is 4.79 Å². The third-order valence-electron chi connectivity index (χ3n) is 3.74. The first-order valence-corrected chi connectivity index (χ1v) is 8.18. The predicted octanol–water partition coefficient (Wildman–Crippen LogP) is 3.52. The van der Waals surface area contributed by atoms with E-state index in [2.05, 4.69) is 26.1 Å². The number of carbonyl (C=O) groups is 1. The van der Waals surface area contributed by atoms with Crippen LogP contribution >= 0.6 is 11.6 Å². The highest BCUT2D eigenvalue weighted by atomic mass is 35.5. The van der Waals surface area contributed by atoms with E-state index in [9.17, 15) is 4.79 Å². The van der Waals surface area contributed by atoms with Crippen molar-refractivity contribution in [2.75, 3.05) is 16.5 Å². The Kier molecular flexibility index (Phi) is 5.19. The lowest BCUT2D eigenvalue weighted by molar-refractivity contribution is 0.0962. The Morgan fingerprint density at radius 3 is 2.54 bits per heavy atom. The van der Waals surface area contributed by atoms with Crippen LogP contribution in [0.15, 0.2) is 54.9 Å².